The van der Waals surface area contributed by atoms with Crippen LogP contribution in [0.15, 0.2) is 24.3 Å². The van der Waals surface area contributed by atoms with Crippen LogP contribution in [-0.4, -0.2) is 63.0 Å². The van der Waals surface area contributed by atoms with Gasteiger partial charge in [0.05, 0.1) is 5.75 Å². The Balaban J connectivity index is 2.18. The molecule has 25 heavy (non-hydrogen) atoms. The van der Waals surface area contributed by atoms with Gasteiger partial charge in [0.15, 0.2) is 0 Å². The summed E-state index contributed by atoms with van der Waals surface area (Å²) < 4.78 is 25.9. The fourth-order valence-corrected chi connectivity index (χ4v) is 5.04. The third-order valence-corrected chi connectivity index (χ3v) is 6.48. The highest BCUT2D eigenvalue weighted by atomic mass is 32.2. The Morgan fingerprint density at radius 1 is 1.24 bits per heavy atom. The fourth-order valence-electron chi connectivity index (χ4n) is 3.22. The molecule has 0 spiro atoms. The molecule has 0 saturated carbocycles. The minimum absolute atomic E-state index is 0.0732. The monoisotopic (exact) mass is 367 g/mol. The van der Waals surface area contributed by atoms with E-state index < -0.39 is 16.1 Å². The van der Waals surface area contributed by atoms with E-state index in [1.165, 1.54) is 4.31 Å². The van der Waals surface area contributed by atoms with E-state index in [-0.39, 0.29) is 17.6 Å². The molecule has 1 amide bonds. The Hall–Kier alpha value is -1.60. The van der Waals surface area contributed by atoms with Crippen LogP contribution in [0.4, 0.5) is 5.69 Å². The quantitative estimate of drug-likeness (QED) is 0.769. The molecule has 0 bridgehead atoms. The van der Waals surface area contributed by atoms with Crippen LogP contribution >= 0.6 is 0 Å². The van der Waals surface area contributed by atoms with E-state index in [2.05, 4.69) is 0 Å². The van der Waals surface area contributed by atoms with Crippen molar-refractivity contribution in [3.8, 4) is 0 Å². The van der Waals surface area contributed by atoms with E-state index in [0.717, 1.165) is 11.3 Å². The van der Waals surface area contributed by atoms with Gasteiger partial charge >= 0.3 is 0 Å². The number of anilines is 1. The Morgan fingerprint density at radius 2 is 1.92 bits per heavy atom. The number of sulfonamides is 1. The van der Waals surface area contributed by atoms with Gasteiger partial charge in [0.25, 0.3) is 0 Å². The summed E-state index contributed by atoms with van der Waals surface area (Å²) in [5.41, 5.74) is 2.09. The lowest BCUT2D eigenvalue weighted by Crippen LogP contribution is -2.50. The maximum Gasteiger partial charge on any atom is 0.241 e. The van der Waals surface area contributed by atoms with E-state index >= 15 is 0 Å². The zero-order valence-corrected chi connectivity index (χ0v) is 16.6. The van der Waals surface area contributed by atoms with E-state index in [1.807, 2.05) is 57.1 Å². The molecule has 2 rings (SSSR count). The Morgan fingerprint density at radius 3 is 2.44 bits per heavy atom. The number of benzene rings is 1. The van der Waals surface area contributed by atoms with Crippen LogP contribution < -0.4 is 4.90 Å². The first-order valence-corrected chi connectivity index (χ1v) is 10.2. The summed E-state index contributed by atoms with van der Waals surface area (Å²) >= 11 is 0. The topological polar surface area (TPSA) is 60.9 Å². The Bertz CT molecular complexity index is 716. The molecule has 1 unspecified atom stereocenters. The second-order valence-corrected chi connectivity index (χ2v) is 9.27. The summed E-state index contributed by atoms with van der Waals surface area (Å²) in [6.07, 6.45) is 0.591. The van der Waals surface area contributed by atoms with Crippen molar-refractivity contribution >= 4 is 21.6 Å². The predicted molar refractivity (Wildman–Crippen MR) is 101 cm³/mol. The maximum absolute atomic E-state index is 13.0. The first-order valence-electron chi connectivity index (χ1n) is 8.64. The highest BCUT2D eigenvalue weighted by Crippen LogP contribution is 2.24. The summed E-state index contributed by atoms with van der Waals surface area (Å²) in [6.45, 7) is 4.69. The van der Waals surface area contributed by atoms with Crippen LogP contribution in [-0.2, 0) is 21.4 Å². The molecule has 1 aromatic carbocycles. The van der Waals surface area contributed by atoms with Gasteiger partial charge in [0.2, 0.25) is 15.9 Å². The van der Waals surface area contributed by atoms with Gasteiger partial charge in [-0.1, -0.05) is 26.0 Å². The summed E-state index contributed by atoms with van der Waals surface area (Å²) in [4.78, 5) is 16.6. The lowest BCUT2D eigenvalue weighted by Gasteiger charge is -2.32. The number of likely N-dealkylation sites (N-methyl/N-ethyl adjacent to an activating group) is 1. The van der Waals surface area contributed by atoms with Crippen LogP contribution in [0.2, 0.25) is 0 Å². The van der Waals surface area contributed by atoms with Crippen molar-refractivity contribution in [2.45, 2.75) is 32.9 Å². The first kappa shape index (κ1) is 19.7. The van der Waals surface area contributed by atoms with E-state index in [1.54, 1.807) is 11.9 Å². The van der Waals surface area contributed by atoms with Gasteiger partial charge in [0, 0.05) is 39.9 Å². The van der Waals surface area contributed by atoms with Gasteiger partial charge in [-0.25, -0.2) is 8.42 Å². The van der Waals surface area contributed by atoms with Crippen molar-refractivity contribution < 1.29 is 13.2 Å². The van der Waals surface area contributed by atoms with Crippen molar-refractivity contribution in [1.82, 2.24) is 9.21 Å². The molecule has 1 heterocycles. The number of carbonyl (C=O) groups excluding carboxylic acids is 1. The average molecular weight is 368 g/mol. The van der Waals surface area contributed by atoms with Crippen LogP contribution in [0, 0.1) is 5.92 Å². The van der Waals surface area contributed by atoms with Gasteiger partial charge in [-0.05, 0) is 30.0 Å². The molecule has 1 aromatic rings. The molecule has 1 aliphatic rings. The third-order valence-electron chi connectivity index (χ3n) is 4.56. The van der Waals surface area contributed by atoms with E-state index in [9.17, 15) is 13.2 Å². The Kier molecular flexibility index (Phi) is 6.11. The largest absolute Gasteiger partial charge is 0.378 e. The number of hydrogen-bond donors (Lipinski definition) is 0. The molecule has 0 aromatic heterocycles. The molecule has 1 saturated heterocycles. The lowest BCUT2D eigenvalue weighted by atomic mass is 10.0. The lowest BCUT2D eigenvalue weighted by molar-refractivity contribution is -0.135. The van der Waals surface area contributed by atoms with Crippen molar-refractivity contribution in [2.75, 3.05) is 38.3 Å². The smallest absolute Gasteiger partial charge is 0.241 e. The standard InChI is InChI=1S/C18H29N3O3S/c1-14(2)17(21-10-7-11-25(21,23)24)18(22)20(5)13-15-8-6-9-16(12-15)19(3)4/h6,8-9,12,14,17H,7,10-11,13H2,1-5H3. The zero-order valence-electron chi connectivity index (χ0n) is 15.8. The normalized spacial score (nSPS) is 18.3. The summed E-state index contributed by atoms with van der Waals surface area (Å²) in [6, 6.07) is 7.37. The first-order chi connectivity index (χ1) is 11.6. The molecule has 0 N–H and O–H groups in total. The molecular formula is C18H29N3O3S. The van der Waals surface area contributed by atoms with Crippen molar-refractivity contribution in [2.24, 2.45) is 5.92 Å². The van der Waals surface area contributed by atoms with Gasteiger partial charge in [-0.15, -0.1) is 0 Å². The maximum atomic E-state index is 13.0. The number of hydrogen-bond acceptors (Lipinski definition) is 4. The molecule has 1 aliphatic heterocycles. The molecule has 0 radical (unpaired) electrons. The number of rotatable bonds is 6. The molecule has 7 heteroatoms. The SMILES string of the molecule is CC(C)C(C(=O)N(C)Cc1cccc(N(C)C)c1)N1CCCS1(=O)=O. The minimum atomic E-state index is -3.32. The zero-order chi connectivity index (χ0) is 18.8. The van der Waals surface area contributed by atoms with Crippen molar-refractivity contribution in [1.29, 1.82) is 0 Å². The van der Waals surface area contributed by atoms with E-state index in [4.69, 9.17) is 0 Å². The van der Waals surface area contributed by atoms with Crippen LogP contribution in [0.5, 0.6) is 0 Å². The summed E-state index contributed by atoms with van der Waals surface area (Å²) in [5.74, 6) is -0.0791. The number of nitrogens with zero attached hydrogens (tertiary/aromatic N) is 3. The molecule has 1 fully saturated rings. The molecule has 1 atom stereocenters. The van der Waals surface area contributed by atoms with Gasteiger partial charge in [-0.3, -0.25) is 4.79 Å². The Labute approximate surface area is 151 Å². The van der Waals surface area contributed by atoms with Gasteiger partial charge < -0.3 is 9.80 Å². The third kappa shape index (κ3) is 4.52. The summed E-state index contributed by atoms with van der Waals surface area (Å²) in [5, 5.41) is 0. The molecular weight excluding hydrogens is 338 g/mol. The predicted octanol–water partition coefficient (Wildman–Crippen LogP) is 1.77. The van der Waals surface area contributed by atoms with Crippen LogP contribution in [0.1, 0.15) is 25.8 Å². The molecule has 6 nitrogen and oxygen atoms in total. The second-order valence-electron chi connectivity index (χ2n) is 7.23. The second kappa shape index (κ2) is 7.74. The molecule has 0 aliphatic carbocycles. The van der Waals surface area contributed by atoms with Crippen molar-refractivity contribution in [3.63, 3.8) is 0 Å². The minimum Gasteiger partial charge on any atom is -0.378 e. The van der Waals surface area contributed by atoms with Gasteiger partial charge in [-0.2, -0.15) is 4.31 Å². The van der Waals surface area contributed by atoms with Crippen molar-refractivity contribution in [3.05, 3.63) is 29.8 Å². The fraction of sp³-hybridized carbons (Fsp3) is 0.611. The van der Waals surface area contributed by atoms with Crippen LogP contribution in [0.25, 0.3) is 0 Å². The highest BCUT2D eigenvalue weighted by Gasteiger charge is 2.40. The van der Waals surface area contributed by atoms with Gasteiger partial charge in [0.1, 0.15) is 6.04 Å². The number of amides is 1. The summed E-state index contributed by atoms with van der Waals surface area (Å²) in [7, 11) is 2.36. The van der Waals surface area contributed by atoms with Crippen LogP contribution in [0.3, 0.4) is 0 Å². The average Bonchev–Trinajstić information content (AvgIpc) is 2.86. The van der Waals surface area contributed by atoms with E-state index in [0.29, 0.717) is 19.5 Å². The number of carbonyl (C=O) groups is 1. The molecule has 140 valence electrons. The highest BCUT2D eigenvalue weighted by molar-refractivity contribution is 7.89.